The second-order valence-corrected chi connectivity index (χ2v) is 6.87. The number of thiazole rings is 1. The Bertz CT molecular complexity index is 747. The van der Waals surface area contributed by atoms with Gasteiger partial charge in [0.15, 0.2) is 0 Å². The Labute approximate surface area is 127 Å². The van der Waals surface area contributed by atoms with Crippen LogP contribution in [0, 0.1) is 6.92 Å². The summed E-state index contributed by atoms with van der Waals surface area (Å²) in [5.41, 5.74) is 0.644. The van der Waals surface area contributed by atoms with Gasteiger partial charge < -0.3 is 10.4 Å². The summed E-state index contributed by atoms with van der Waals surface area (Å²) in [4.78, 5) is 5.09. The summed E-state index contributed by atoms with van der Waals surface area (Å²) in [6.45, 7) is 2.01. The van der Waals surface area contributed by atoms with Crippen LogP contribution in [-0.4, -0.2) is 11.1 Å². The Morgan fingerprint density at radius 3 is 2.80 bits per heavy atom. The van der Waals surface area contributed by atoms with Gasteiger partial charge in [0.05, 0.1) is 10.9 Å². The van der Waals surface area contributed by atoms with Gasteiger partial charge >= 0.3 is 4.14 Å². The van der Waals surface area contributed by atoms with E-state index in [1.54, 1.807) is 40.1 Å². The number of halogens is 1. The molecule has 0 aliphatic heterocycles. The number of amidine groups is 1. The quantitative estimate of drug-likeness (QED) is 0.447. The SMILES string of the molecule is Cc1c[n+]2nc(/N=C(\[O-])Nc3ccc(Cl)cc3)sc2s1. The lowest BCUT2D eigenvalue weighted by Crippen LogP contribution is -2.26. The van der Waals surface area contributed by atoms with Gasteiger partial charge in [0.25, 0.3) is 5.13 Å². The maximum Gasteiger partial charge on any atom is 0.354 e. The third-order valence-electron chi connectivity index (χ3n) is 2.40. The zero-order valence-electron chi connectivity index (χ0n) is 10.3. The summed E-state index contributed by atoms with van der Waals surface area (Å²) in [6, 6.07) is 6.39. The minimum absolute atomic E-state index is 0.433. The second-order valence-electron chi connectivity index (χ2n) is 3.99. The maximum absolute atomic E-state index is 11.8. The molecule has 0 fully saturated rings. The van der Waals surface area contributed by atoms with Crippen LogP contribution >= 0.6 is 34.3 Å². The molecule has 0 radical (unpaired) electrons. The first kappa shape index (κ1) is 13.3. The molecule has 102 valence electrons. The molecule has 3 rings (SSSR count). The van der Waals surface area contributed by atoms with Gasteiger partial charge in [-0.05, 0) is 47.0 Å². The first-order valence-corrected chi connectivity index (χ1v) is 7.68. The highest BCUT2D eigenvalue weighted by molar-refractivity contribution is 7.36. The van der Waals surface area contributed by atoms with Gasteiger partial charge in [0.2, 0.25) is 6.20 Å². The van der Waals surface area contributed by atoms with E-state index in [4.69, 9.17) is 11.6 Å². The monoisotopic (exact) mass is 324 g/mol. The van der Waals surface area contributed by atoms with Crippen molar-refractivity contribution in [1.82, 2.24) is 5.10 Å². The van der Waals surface area contributed by atoms with Crippen molar-refractivity contribution in [3.05, 3.63) is 40.4 Å². The van der Waals surface area contributed by atoms with Crippen LogP contribution in [0.15, 0.2) is 35.5 Å². The van der Waals surface area contributed by atoms with Gasteiger partial charge in [0, 0.05) is 15.8 Å². The lowest BCUT2D eigenvalue weighted by molar-refractivity contribution is -0.571. The van der Waals surface area contributed by atoms with Gasteiger partial charge in [-0.25, -0.2) is 4.99 Å². The molecule has 0 amide bonds. The molecular formula is C12H9ClN4OS2. The number of aryl methyl sites for hydroxylation is 1. The first-order valence-electron chi connectivity index (χ1n) is 5.67. The van der Waals surface area contributed by atoms with Gasteiger partial charge in [-0.3, -0.25) is 0 Å². The number of nitrogens with one attached hydrogen (secondary N) is 1. The normalized spacial score (nSPS) is 12.0. The fourth-order valence-electron chi connectivity index (χ4n) is 1.58. The Morgan fingerprint density at radius 1 is 1.35 bits per heavy atom. The molecule has 20 heavy (non-hydrogen) atoms. The van der Waals surface area contributed by atoms with Crippen LogP contribution in [0.2, 0.25) is 5.02 Å². The smallest absolute Gasteiger partial charge is 0.354 e. The van der Waals surface area contributed by atoms with E-state index in [1.807, 2.05) is 13.1 Å². The number of hydrogen-bond donors (Lipinski definition) is 1. The molecule has 0 spiro atoms. The number of rotatable bonds is 2. The van der Waals surface area contributed by atoms with E-state index in [-0.39, 0.29) is 0 Å². The lowest BCUT2D eigenvalue weighted by atomic mass is 10.3. The molecule has 0 saturated carbocycles. The highest BCUT2D eigenvalue weighted by Gasteiger charge is 2.14. The zero-order valence-corrected chi connectivity index (χ0v) is 12.7. The highest BCUT2D eigenvalue weighted by atomic mass is 35.5. The Kier molecular flexibility index (Phi) is 3.56. The zero-order chi connectivity index (χ0) is 14.1. The van der Waals surface area contributed by atoms with Crippen LogP contribution in [0.3, 0.4) is 0 Å². The average Bonchev–Trinajstić information content (AvgIpc) is 2.88. The summed E-state index contributed by atoms with van der Waals surface area (Å²) in [5.74, 6) is 0. The molecule has 3 aromatic rings. The molecule has 1 aromatic carbocycles. The minimum atomic E-state index is -0.453. The third kappa shape index (κ3) is 2.90. The minimum Gasteiger partial charge on any atom is -0.846 e. The summed E-state index contributed by atoms with van der Waals surface area (Å²) in [6.07, 6.45) is 1.91. The predicted molar refractivity (Wildman–Crippen MR) is 80.1 cm³/mol. The molecule has 0 unspecified atom stereocenters. The van der Waals surface area contributed by atoms with E-state index < -0.39 is 6.02 Å². The number of aromatic nitrogens is 2. The van der Waals surface area contributed by atoms with Crippen molar-refractivity contribution < 1.29 is 9.62 Å². The van der Waals surface area contributed by atoms with Crippen LogP contribution in [0.4, 0.5) is 10.8 Å². The third-order valence-corrected chi connectivity index (χ3v) is 4.66. The van der Waals surface area contributed by atoms with Crippen molar-refractivity contribution in [3.8, 4) is 0 Å². The Morgan fingerprint density at radius 2 is 2.10 bits per heavy atom. The van der Waals surface area contributed by atoms with Crippen molar-refractivity contribution in [1.29, 1.82) is 0 Å². The van der Waals surface area contributed by atoms with E-state index in [0.29, 0.717) is 15.8 Å². The summed E-state index contributed by atoms with van der Waals surface area (Å²) < 4.78 is 2.74. The molecule has 0 saturated heterocycles. The van der Waals surface area contributed by atoms with E-state index in [1.165, 1.54) is 16.2 Å². The van der Waals surface area contributed by atoms with Crippen LogP contribution in [0.25, 0.3) is 4.14 Å². The average molecular weight is 325 g/mol. The maximum atomic E-state index is 11.8. The number of benzene rings is 1. The van der Waals surface area contributed by atoms with Crippen molar-refractivity contribution in [2.24, 2.45) is 4.99 Å². The van der Waals surface area contributed by atoms with Crippen LogP contribution in [0.5, 0.6) is 0 Å². The van der Waals surface area contributed by atoms with Crippen LogP contribution in [0.1, 0.15) is 4.88 Å². The summed E-state index contributed by atoms with van der Waals surface area (Å²) in [7, 11) is 0. The van der Waals surface area contributed by atoms with Gasteiger partial charge in [-0.15, -0.1) is 0 Å². The molecule has 0 bridgehead atoms. The van der Waals surface area contributed by atoms with Crippen LogP contribution in [-0.2, 0) is 0 Å². The van der Waals surface area contributed by atoms with E-state index in [9.17, 15) is 5.11 Å². The van der Waals surface area contributed by atoms with Gasteiger partial charge in [-0.2, -0.15) is 0 Å². The fraction of sp³-hybridized carbons (Fsp3) is 0.0833. The number of hydrogen-bond acceptors (Lipinski definition) is 5. The number of nitrogens with zero attached hydrogens (tertiary/aromatic N) is 3. The second kappa shape index (κ2) is 5.35. The molecule has 1 N–H and O–H groups in total. The Hall–Kier alpha value is -1.70. The van der Waals surface area contributed by atoms with Gasteiger partial charge in [-0.1, -0.05) is 22.9 Å². The molecule has 5 nitrogen and oxygen atoms in total. The van der Waals surface area contributed by atoms with E-state index in [0.717, 1.165) is 4.14 Å². The fourth-order valence-corrected chi connectivity index (χ4v) is 3.71. The summed E-state index contributed by atoms with van der Waals surface area (Å²) >= 11 is 8.78. The van der Waals surface area contributed by atoms with E-state index in [2.05, 4.69) is 15.4 Å². The topological polar surface area (TPSA) is 64.4 Å². The van der Waals surface area contributed by atoms with Crippen molar-refractivity contribution in [3.63, 3.8) is 0 Å². The molecule has 0 aliphatic carbocycles. The largest absolute Gasteiger partial charge is 0.846 e. The molecular weight excluding hydrogens is 316 g/mol. The molecule has 2 aromatic heterocycles. The number of aliphatic imine (C=N–C) groups is 1. The molecule has 0 aliphatic rings. The standard InChI is InChI=1S/C12H9ClN4OS2/c1-7-6-17-12(19-7)20-11(16-17)15-10(18)14-9-4-2-8(13)3-5-9/h2-6H,1H3,(H-,14,15,16,18). The van der Waals surface area contributed by atoms with Gasteiger partial charge in [0.1, 0.15) is 0 Å². The molecule has 2 heterocycles. The molecule has 8 heteroatoms. The molecule has 0 atom stereocenters. The first-order chi connectivity index (χ1) is 9.60. The predicted octanol–water partition coefficient (Wildman–Crippen LogP) is 2.37. The Balaban J connectivity index is 1.79. The number of fused-ring (bicyclic) bond motifs is 1. The van der Waals surface area contributed by atoms with Crippen molar-refractivity contribution in [2.45, 2.75) is 6.92 Å². The summed E-state index contributed by atoms with van der Waals surface area (Å²) in [5, 5.41) is 19.7. The van der Waals surface area contributed by atoms with Crippen molar-refractivity contribution >= 4 is 55.3 Å². The number of anilines is 1. The highest BCUT2D eigenvalue weighted by Crippen LogP contribution is 2.23. The van der Waals surface area contributed by atoms with E-state index >= 15 is 0 Å². The lowest BCUT2D eigenvalue weighted by Gasteiger charge is -2.11. The van der Waals surface area contributed by atoms with Crippen molar-refractivity contribution in [2.75, 3.05) is 5.32 Å². The van der Waals surface area contributed by atoms with Crippen LogP contribution < -0.4 is 14.9 Å².